The number of halogens is 2. The molecule has 3 nitrogen and oxygen atoms in total. The zero-order valence-corrected chi connectivity index (χ0v) is 9.14. The molecule has 0 unspecified atom stereocenters. The fourth-order valence-corrected chi connectivity index (χ4v) is 1.27. The van der Waals surface area contributed by atoms with Crippen LogP contribution in [0, 0.1) is 0 Å². The van der Waals surface area contributed by atoms with Gasteiger partial charge in [-0.2, -0.15) is 0 Å². The van der Waals surface area contributed by atoms with Gasteiger partial charge in [-0.05, 0) is 33.6 Å². The third kappa shape index (κ3) is 3.24. The van der Waals surface area contributed by atoms with E-state index in [4.69, 9.17) is 23.1 Å². The molecular formula is C8H9BrClN3. The van der Waals surface area contributed by atoms with Crippen molar-refractivity contribution >= 4 is 33.5 Å². The number of benzene rings is 1. The molecule has 5 heteroatoms. The third-order valence-corrected chi connectivity index (χ3v) is 2.66. The summed E-state index contributed by atoms with van der Waals surface area (Å²) in [6, 6.07) is 5.58. The molecule has 0 aliphatic rings. The number of rotatable bonds is 2. The monoisotopic (exact) mass is 261 g/mol. The smallest absolute Gasteiger partial charge is 0.186 e. The van der Waals surface area contributed by atoms with E-state index >= 15 is 0 Å². The molecule has 0 aromatic heterocycles. The standard InChI is InChI=1S/C8H9BrClN3/c9-6-2-1-5(3-7(6)10)4-13-8(11)12/h1-3H,4H2,(H4,11,12,13). The summed E-state index contributed by atoms with van der Waals surface area (Å²) in [6.07, 6.45) is 0. The van der Waals surface area contributed by atoms with Gasteiger partial charge in [0, 0.05) is 4.47 Å². The maximum atomic E-state index is 5.87. The van der Waals surface area contributed by atoms with E-state index in [2.05, 4.69) is 20.9 Å². The molecule has 13 heavy (non-hydrogen) atoms. The molecule has 1 aromatic carbocycles. The van der Waals surface area contributed by atoms with Gasteiger partial charge in [-0.15, -0.1) is 0 Å². The maximum Gasteiger partial charge on any atom is 0.186 e. The fourth-order valence-electron chi connectivity index (χ4n) is 0.821. The van der Waals surface area contributed by atoms with Crippen molar-refractivity contribution in [3.05, 3.63) is 33.3 Å². The van der Waals surface area contributed by atoms with Gasteiger partial charge >= 0.3 is 0 Å². The van der Waals surface area contributed by atoms with Crippen molar-refractivity contribution in [3.8, 4) is 0 Å². The molecule has 0 saturated heterocycles. The summed E-state index contributed by atoms with van der Waals surface area (Å²) in [5.74, 6) is 0.0824. The van der Waals surface area contributed by atoms with E-state index < -0.39 is 0 Å². The Morgan fingerprint density at radius 3 is 2.69 bits per heavy atom. The Balaban J connectivity index is 2.80. The Morgan fingerprint density at radius 1 is 1.46 bits per heavy atom. The Morgan fingerprint density at radius 2 is 2.15 bits per heavy atom. The van der Waals surface area contributed by atoms with Gasteiger partial charge in [0.1, 0.15) is 0 Å². The molecule has 0 spiro atoms. The van der Waals surface area contributed by atoms with Crippen LogP contribution in [-0.4, -0.2) is 5.96 Å². The van der Waals surface area contributed by atoms with E-state index in [1.807, 2.05) is 18.2 Å². The molecule has 1 aromatic rings. The molecule has 70 valence electrons. The lowest BCUT2D eigenvalue weighted by atomic mass is 10.2. The minimum atomic E-state index is 0.0824. The highest BCUT2D eigenvalue weighted by molar-refractivity contribution is 9.10. The first-order valence-electron chi connectivity index (χ1n) is 3.59. The Labute approximate surface area is 89.9 Å². The summed E-state index contributed by atoms with van der Waals surface area (Å²) in [6.45, 7) is 0.454. The van der Waals surface area contributed by atoms with Crippen LogP contribution in [0.3, 0.4) is 0 Å². The van der Waals surface area contributed by atoms with Gasteiger partial charge in [0.25, 0.3) is 0 Å². The van der Waals surface area contributed by atoms with E-state index in [0.29, 0.717) is 11.6 Å². The number of nitrogens with zero attached hydrogens (tertiary/aromatic N) is 1. The molecule has 0 radical (unpaired) electrons. The van der Waals surface area contributed by atoms with Gasteiger partial charge in [0.2, 0.25) is 0 Å². The topological polar surface area (TPSA) is 64.4 Å². The van der Waals surface area contributed by atoms with E-state index in [1.165, 1.54) is 0 Å². The Bertz CT molecular complexity index is 334. The average molecular weight is 263 g/mol. The number of guanidine groups is 1. The summed E-state index contributed by atoms with van der Waals surface area (Å²) in [7, 11) is 0. The number of hydrogen-bond donors (Lipinski definition) is 2. The molecule has 0 heterocycles. The van der Waals surface area contributed by atoms with Crippen molar-refractivity contribution < 1.29 is 0 Å². The van der Waals surface area contributed by atoms with E-state index in [1.54, 1.807) is 0 Å². The first-order valence-corrected chi connectivity index (χ1v) is 4.76. The first kappa shape index (κ1) is 10.3. The minimum absolute atomic E-state index is 0.0824. The average Bonchev–Trinajstić information content (AvgIpc) is 2.07. The van der Waals surface area contributed by atoms with Crippen LogP contribution in [0.15, 0.2) is 27.7 Å². The Kier molecular flexibility index (Phi) is 3.57. The van der Waals surface area contributed by atoms with Crippen LogP contribution in [0.25, 0.3) is 0 Å². The van der Waals surface area contributed by atoms with Crippen LogP contribution in [0.5, 0.6) is 0 Å². The van der Waals surface area contributed by atoms with Gasteiger partial charge in [0.05, 0.1) is 11.6 Å². The van der Waals surface area contributed by atoms with Crippen LogP contribution in [0.4, 0.5) is 0 Å². The second kappa shape index (κ2) is 4.48. The van der Waals surface area contributed by atoms with Crippen LogP contribution >= 0.6 is 27.5 Å². The highest BCUT2D eigenvalue weighted by Gasteiger charge is 1.97. The molecule has 0 atom stereocenters. The van der Waals surface area contributed by atoms with Crippen LogP contribution < -0.4 is 11.5 Å². The largest absolute Gasteiger partial charge is 0.370 e. The fraction of sp³-hybridized carbons (Fsp3) is 0.125. The summed E-state index contributed by atoms with van der Waals surface area (Å²) >= 11 is 9.16. The normalized spacial score (nSPS) is 9.69. The molecule has 1 rings (SSSR count). The number of aliphatic imine (C=N–C) groups is 1. The number of hydrogen-bond acceptors (Lipinski definition) is 1. The third-order valence-electron chi connectivity index (χ3n) is 1.43. The van der Waals surface area contributed by atoms with Gasteiger partial charge in [-0.25, -0.2) is 4.99 Å². The zero-order chi connectivity index (χ0) is 9.84. The molecule has 0 aliphatic carbocycles. The predicted octanol–water partition coefficient (Wildman–Crippen LogP) is 1.88. The van der Waals surface area contributed by atoms with Crippen LogP contribution in [0.2, 0.25) is 5.02 Å². The van der Waals surface area contributed by atoms with Crippen molar-refractivity contribution in [1.82, 2.24) is 0 Å². The van der Waals surface area contributed by atoms with Gasteiger partial charge in [-0.1, -0.05) is 17.7 Å². The quantitative estimate of drug-likeness (QED) is 0.631. The SMILES string of the molecule is NC(N)=NCc1ccc(Br)c(Cl)c1. The van der Waals surface area contributed by atoms with Crippen LogP contribution in [-0.2, 0) is 6.54 Å². The predicted molar refractivity (Wildman–Crippen MR) is 58.7 cm³/mol. The first-order chi connectivity index (χ1) is 6.09. The highest BCUT2D eigenvalue weighted by Crippen LogP contribution is 2.23. The van der Waals surface area contributed by atoms with Crippen molar-refractivity contribution in [2.24, 2.45) is 16.5 Å². The molecule has 0 fully saturated rings. The second-order valence-corrected chi connectivity index (χ2v) is 3.75. The van der Waals surface area contributed by atoms with E-state index in [-0.39, 0.29) is 5.96 Å². The zero-order valence-electron chi connectivity index (χ0n) is 6.80. The lowest BCUT2D eigenvalue weighted by Crippen LogP contribution is -2.22. The lowest BCUT2D eigenvalue weighted by Gasteiger charge is -1.99. The van der Waals surface area contributed by atoms with E-state index in [9.17, 15) is 0 Å². The van der Waals surface area contributed by atoms with Crippen molar-refractivity contribution in [2.75, 3.05) is 0 Å². The van der Waals surface area contributed by atoms with Gasteiger partial charge in [-0.3, -0.25) is 0 Å². The Hall–Kier alpha value is -0.740. The molecule has 4 N–H and O–H groups in total. The lowest BCUT2D eigenvalue weighted by molar-refractivity contribution is 1.05. The second-order valence-electron chi connectivity index (χ2n) is 2.49. The van der Waals surface area contributed by atoms with Gasteiger partial charge in [0.15, 0.2) is 5.96 Å². The minimum Gasteiger partial charge on any atom is -0.370 e. The molecule has 0 aliphatic heterocycles. The van der Waals surface area contributed by atoms with Crippen molar-refractivity contribution in [1.29, 1.82) is 0 Å². The summed E-state index contributed by atoms with van der Waals surface area (Å²) < 4.78 is 0.864. The molecule has 0 saturated carbocycles. The summed E-state index contributed by atoms with van der Waals surface area (Å²) in [5.41, 5.74) is 11.4. The van der Waals surface area contributed by atoms with E-state index in [0.717, 1.165) is 10.0 Å². The summed E-state index contributed by atoms with van der Waals surface area (Å²) in [4.78, 5) is 3.86. The summed E-state index contributed by atoms with van der Waals surface area (Å²) in [5, 5.41) is 0.656. The maximum absolute atomic E-state index is 5.87. The molecule has 0 amide bonds. The molecule has 0 bridgehead atoms. The van der Waals surface area contributed by atoms with Crippen LogP contribution in [0.1, 0.15) is 5.56 Å². The van der Waals surface area contributed by atoms with Crippen molar-refractivity contribution in [2.45, 2.75) is 6.54 Å². The van der Waals surface area contributed by atoms with Crippen molar-refractivity contribution in [3.63, 3.8) is 0 Å². The van der Waals surface area contributed by atoms with Gasteiger partial charge < -0.3 is 11.5 Å². The highest BCUT2D eigenvalue weighted by atomic mass is 79.9. The number of nitrogens with two attached hydrogens (primary N) is 2. The molecular weight excluding hydrogens is 253 g/mol.